The second-order valence-corrected chi connectivity index (χ2v) is 12.3. The van der Waals surface area contributed by atoms with Crippen molar-refractivity contribution in [3.05, 3.63) is 186 Å². The maximum absolute atomic E-state index is 7.16. The van der Waals surface area contributed by atoms with Gasteiger partial charge in [-0.3, -0.25) is 0 Å². The van der Waals surface area contributed by atoms with E-state index in [1.807, 2.05) is 66.7 Å². The van der Waals surface area contributed by atoms with E-state index in [-0.39, 0.29) is 0 Å². The molecular formula is C44H27N3O. The third-order valence-electron chi connectivity index (χ3n) is 9.77. The first-order chi connectivity index (χ1) is 23.8. The molecule has 48 heavy (non-hydrogen) atoms. The van der Waals surface area contributed by atoms with Gasteiger partial charge < -0.3 is 4.42 Å². The fourth-order valence-electron chi connectivity index (χ4n) is 7.86. The fourth-order valence-corrected chi connectivity index (χ4v) is 7.86. The summed E-state index contributed by atoms with van der Waals surface area (Å²) < 4.78 is 7.16. The van der Waals surface area contributed by atoms with E-state index in [1.54, 1.807) is 0 Å². The molecule has 0 saturated heterocycles. The van der Waals surface area contributed by atoms with Crippen molar-refractivity contribution in [3.8, 4) is 67.9 Å². The minimum absolute atomic E-state index is 0.507. The van der Waals surface area contributed by atoms with Gasteiger partial charge in [-0.1, -0.05) is 164 Å². The minimum atomic E-state index is -0.580. The summed E-state index contributed by atoms with van der Waals surface area (Å²) >= 11 is 0. The van der Waals surface area contributed by atoms with Crippen molar-refractivity contribution in [2.75, 3.05) is 0 Å². The van der Waals surface area contributed by atoms with Gasteiger partial charge in [0.2, 0.25) is 0 Å². The van der Waals surface area contributed by atoms with Gasteiger partial charge in [-0.05, 0) is 33.4 Å². The van der Waals surface area contributed by atoms with Crippen LogP contribution in [0, 0.1) is 0 Å². The zero-order chi connectivity index (χ0) is 31.7. The highest BCUT2D eigenvalue weighted by Gasteiger charge is 2.55. The Hall–Kier alpha value is -6.39. The summed E-state index contributed by atoms with van der Waals surface area (Å²) in [5, 5.41) is 0. The molecule has 0 fully saturated rings. The molecule has 0 amide bonds. The smallest absolute Gasteiger partial charge is 0.200 e. The Morgan fingerprint density at radius 3 is 1.27 bits per heavy atom. The van der Waals surface area contributed by atoms with Crippen LogP contribution >= 0.6 is 0 Å². The van der Waals surface area contributed by atoms with Crippen LogP contribution in [0.3, 0.4) is 0 Å². The molecule has 1 spiro atoms. The summed E-state index contributed by atoms with van der Waals surface area (Å²) in [6.45, 7) is 0. The van der Waals surface area contributed by atoms with E-state index < -0.39 is 5.41 Å². The molecule has 8 aromatic rings. The molecule has 10 rings (SSSR count). The van der Waals surface area contributed by atoms with Crippen molar-refractivity contribution in [2.24, 2.45) is 0 Å². The van der Waals surface area contributed by atoms with E-state index in [0.29, 0.717) is 23.2 Å². The van der Waals surface area contributed by atoms with Gasteiger partial charge in [-0.25, -0.2) is 15.0 Å². The molecule has 4 heteroatoms. The van der Waals surface area contributed by atoms with Crippen LogP contribution in [0.2, 0.25) is 0 Å². The predicted octanol–water partition coefficient (Wildman–Crippen LogP) is 10.5. The van der Waals surface area contributed by atoms with E-state index in [9.17, 15) is 0 Å². The highest BCUT2D eigenvalue weighted by atomic mass is 16.3. The summed E-state index contributed by atoms with van der Waals surface area (Å²) in [7, 11) is 0. The van der Waals surface area contributed by atoms with Crippen LogP contribution in [0.5, 0.6) is 0 Å². The number of hydrogen-bond acceptors (Lipinski definition) is 4. The molecule has 4 nitrogen and oxygen atoms in total. The Morgan fingerprint density at radius 1 is 0.354 bits per heavy atom. The standard InChI is InChI=1S/C44H27N3O/c1-4-16-28(17-5-1)39-38-37(33-24-12-15-27-36(33)44(38)34-25-13-10-22-31(34)32-23-11-14-26-35(32)44)40(48-39)43-46-41(29-18-6-2-7-19-29)45-42(47-43)30-20-8-3-9-21-30/h1-27H. The second-order valence-electron chi connectivity index (χ2n) is 12.3. The van der Waals surface area contributed by atoms with Gasteiger partial charge in [-0.15, -0.1) is 0 Å². The lowest BCUT2D eigenvalue weighted by molar-refractivity contribution is 0.583. The Morgan fingerprint density at radius 2 is 0.750 bits per heavy atom. The minimum Gasteiger partial charge on any atom is -0.452 e. The molecule has 2 aliphatic carbocycles. The Balaban J connectivity index is 1.35. The summed E-state index contributed by atoms with van der Waals surface area (Å²) in [4.78, 5) is 15.3. The molecule has 0 atom stereocenters. The monoisotopic (exact) mass is 613 g/mol. The number of nitrogens with zero attached hydrogens (tertiary/aromatic N) is 3. The molecule has 0 N–H and O–H groups in total. The average Bonchev–Trinajstić information content (AvgIpc) is 3.81. The summed E-state index contributed by atoms with van der Waals surface area (Å²) in [5.74, 6) is 3.18. The SMILES string of the molecule is c1ccc(-c2nc(-c3ccccc3)nc(-c3oc(-c4ccccc4)c4c3-c3ccccc3C43c4ccccc4-c4ccccc43)n2)cc1. The van der Waals surface area contributed by atoms with Crippen molar-refractivity contribution in [1.82, 2.24) is 15.0 Å². The van der Waals surface area contributed by atoms with Gasteiger partial charge in [0.1, 0.15) is 5.76 Å². The van der Waals surface area contributed by atoms with E-state index in [4.69, 9.17) is 19.4 Å². The zero-order valence-corrected chi connectivity index (χ0v) is 25.8. The van der Waals surface area contributed by atoms with Crippen LogP contribution in [-0.2, 0) is 5.41 Å². The molecule has 2 aromatic heterocycles. The lowest BCUT2D eigenvalue weighted by atomic mass is 9.70. The van der Waals surface area contributed by atoms with Crippen LogP contribution < -0.4 is 0 Å². The number of benzene rings is 6. The molecular weight excluding hydrogens is 587 g/mol. The Kier molecular flexibility index (Phi) is 5.75. The van der Waals surface area contributed by atoms with Crippen molar-refractivity contribution >= 4 is 0 Å². The molecule has 2 aliphatic rings. The molecule has 224 valence electrons. The molecule has 2 heterocycles. The largest absolute Gasteiger partial charge is 0.452 e. The highest BCUT2D eigenvalue weighted by molar-refractivity contribution is 6.01. The topological polar surface area (TPSA) is 51.8 Å². The van der Waals surface area contributed by atoms with Crippen molar-refractivity contribution in [2.45, 2.75) is 5.41 Å². The first kappa shape index (κ1) is 26.8. The zero-order valence-electron chi connectivity index (χ0n) is 25.8. The normalized spacial score (nSPS) is 13.2. The van der Waals surface area contributed by atoms with Crippen LogP contribution in [-0.4, -0.2) is 15.0 Å². The van der Waals surface area contributed by atoms with E-state index >= 15 is 0 Å². The molecule has 0 unspecified atom stereocenters. The molecule has 6 aromatic carbocycles. The van der Waals surface area contributed by atoms with E-state index in [2.05, 4.69) is 97.1 Å². The summed E-state index contributed by atoms with van der Waals surface area (Å²) in [6.07, 6.45) is 0. The number of furan rings is 1. The van der Waals surface area contributed by atoms with Gasteiger partial charge >= 0.3 is 0 Å². The quantitative estimate of drug-likeness (QED) is 0.198. The second kappa shape index (κ2) is 10.3. The third-order valence-corrected chi connectivity index (χ3v) is 9.77. The summed E-state index contributed by atoms with van der Waals surface area (Å²) in [6, 6.07) is 57.0. The Bertz CT molecular complexity index is 2400. The average molecular weight is 614 g/mol. The van der Waals surface area contributed by atoms with E-state index in [1.165, 1.54) is 27.8 Å². The number of fused-ring (bicyclic) bond motifs is 10. The van der Waals surface area contributed by atoms with Crippen molar-refractivity contribution in [3.63, 3.8) is 0 Å². The maximum Gasteiger partial charge on any atom is 0.200 e. The van der Waals surface area contributed by atoms with E-state index in [0.717, 1.165) is 39.1 Å². The van der Waals surface area contributed by atoms with Gasteiger partial charge in [0.15, 0.2) is 23.2 Å². The van der Waals surface area contributed by atoms with Crippen LogP contribution in [0.15, 0.2) is 168 Å². The summed E-state index contributed by atoms with van der Waals surface area (Å²) in [5.41, 5.74) is 11.8. The highest BCUT2D eigenvalue weighted by Crippen LogP contribution is 2.66. The number of rotatable bonds is 4. The number of hydrogen-bond donors (Lipinski definition) is 0. The molecule has 0 saturated carbocycles. The molecule has 0 radical (unpaired) electrons. The molecule has 0 bridgehead atoms. The lowest BCUT2D eigenvalue weighted by Crippen LogP contribution is -2.26. The number of aromatic nitrogens is 3. The van der Waals surface area contributed by atoms with Gasteiger partial charge in [0.25, 0.3) is 0 Å². The Labute approximate surface area is 278 Å². The first-order valence-electron chi connectivity index (χ1n) is 16.2. The van der Waals surface area contributed by atoms with Gasteiger partial charge in [0, 0.05) is 27.8 Å². The third kappa shape index (κ3) is 3.68. The lowest BCUT2D eigenvalue weighted by Gasteiger charge is -2.30. The van der Waals surface area contributed by atoms with Crippen LogP contribution in [0.4, 0.5) is 0 Å². The van der Waals surface area contributed by atoms with Gasteiger partial charge in [-0.2, -0.15) is 0 Å². The van der Waals surface area contributed by atoms with Crippen LogP contribution in [0.1, 0.15) is 22.3 Å². The van der Waals surface area contributed by atoms with Crippen molar-refractivity contribution in [1.29, 1.82) is 0 Å². The van der Waals surface area contributed by atoms with Gasteiger partial charge in [0.05, 0.1) is 5.41 Å². The van der Waals surface area contributed by atoms with Crippen LogP contribution in [0.25, 0.3) is 67.9 Å². The molecule has 0 aliphatic heterocycles. The predicted molar refractivity (Wildman–Crippen MR) is 190 cm³/mol. The van der Waals surface area contributed by atoms with Crippen molar-refractivity contribution < 1.29 is 4.42 Å². The first-order valence-corrected chi connectivity index (χ1v) is 16.2. The fraction of sp³-hybridized carbons (Fsp3) is 0.0227. The maximum atomic E-state index is 7.16.